The SMILES string of the molecule is CCCCCC/C=C\C/C=C\C(CCCCCCC(=O)NCC(=O)NC(CO)C(=O)O)OC(=O)CCCCCCCCCCCCCCCCCCCCCCC. The Hall–Kier alpha value is -2.68. The largest absolute Gasteiger partial charge is 0.480 e. The normalized spacial score (nSPS) is 12.6. The third-order valence-electron chi connectivity index (χ3n) is 10.7. The van der Waals surface area contributed by atoms with Crippen LogP contribution in [0.3, 0.4) is 0 Å². The number of nitrogens with one attached hydrogen (secondary N) is 2. The molecule has 0 aromatic heterocycles. The lowest BCUT2D eigenvalue weighted by atomic mass is 10.0. The number of carboxylic acid groups (broad SMARTS) is 1. The average Bonchev–Trinajstić information content (AvgIpc) is 3.20. The summed E-state index contributed by atoms with van der Waals surface area (Å²) in [4.78, 5) is 47.6. The first-order chi connectivity index (χ1) is 27.8. The Morgan fingerprint density at radius 1 is 0.544 bits per heavy atom. The maximum absolute atomic E-state index is 12.8. The van der Waals surface area contributed by atoms with E-state index in [9.17, 15) is 19.2 Å². The summed E-state index contributed by atoms with van der Waals surface area (Å²) in [7, 11) is 0. The van der Waals surface area contributed by atoms with Crippen LogP contribution in [0.25, 0.3) is 0 Å². The van der Waals surface area contributed by atoms with Gasteiger partial charge in [0.15, 0.2) is 0 Å². The molecule has 0 aliphatic heterocycles. The van der Waals surface area contributed by atoms with E-state index in [1.807, 2.05) is 6.08 Å². The second kappa shape index (κ2) is 42.9. The fourth-order valence-electron chi connectivity index (χ4n) is 7.02. The molecule has 9 heteroatoms. The molecule has 0 aliphatic carbocycles. The first-order valence-corrected chi connectivity index (χ1v) is 23.7. The monoisotopic (exact) mass is 805 g/mol. The zero-order valence-corrected chi connectivity index (χ0v) is 36.9. The lowest BCUT2D eigenvalue weighted by molar-refractivity contribution is -0.147. The molecule has 332 valence electrons. The molecule has 57 heavy (non-hydrogen) atoms. The van der Waals surface area contributed by atoms with Crippen molar-refractivity contribution < 1.29 is 34.1 Å². The lowest BCUT2D eigenvalue weighted by Gasteiger charge is -2.15. The van der Waals surface area contributed by atoms with Crippen LogP contribution in [-0.2, 0) is 23.9 Å². The number of aliphatic hydroxyl groups is 1. The van der Waals surface area contributed by atoms with Gasteiger partial charge >= 0.3 is 11.9 Å². The molecule has 2 unspecified atom stereocenters. The summed E-state index contributed by atoms with van der Waals surface area (Å²) in [5, 5.41) is 22.6. The predicted molar refractivity (Wildman–Crippen MR) is 236 cm³/mol. The van der Waals surface area contributed by atoms with Crippen LogP contribution in [0, 0.1) is 0 Å². The van der Waals surface area contributed by atoms with Crippen LogP contribution in [0.4, 0.5) is 0 Å². The summed E-state index contributed by atoms with van der Waals surface area (Å²) in [6, 6.07) is -1.39. The van der Waals surface area contributed by atoms with Gasteiger partial charge < -0.3 is 25.6 Å². The van der Waals surface area contributed by atoms with Gasteiger partial charge in [-0.15, -0.1) is 0 Å². The van der Waals surface area contributed by atoms with E-state index in [0.29, 0.717) is 12.8 Å². The molecule has 2 atom stereocenters. The molecular weight excluding hydrogens is 717 g/mol. The Balaban J connectivity index is 4.17. The van der Waals surface area contributed by atoms with Crippen molar-refractivity contribution in [2.45, 2.75) is 244 Å². The fraction of sp³-hybridized carbons (Fsp3) is 0.833. The van der Waals surface area contributed by atoms with Gasteiger partial charge in [-0.1, -0.05) is 193 Å². The number of allylic oxidation sites excluding steroid dienone is 3. The molecule has 0 bridgehead atoms. The molecule has 0 heterocycles. The van der Waals surface area contributed by atoms with Gasteiger partial charge in [-0.05, 0) is 51.0 Å². The number of esters is 1. The molecule has 0 radical (unpaired) electrons. The van der Waals surface area contributed by atoms with E-state index in [4.69, 9.17) is 14.9 Å². The van der Waals surface area contributed by atoms with Crippen molar-refractivity contribution in [3.63, 3.8) is 0 Å². The summed E-state index contributed by atoms with van der Waals surface area (Å²) in [5.74, 6) is -2.41. The van der Waals surface area contributed by atoms with Crippen molar-refractivity contribution in [2.24, 2.45) is 0 Å². The van der Waals surface area contributed by atoms with Gasteiger partial charge in [0.05, 0.1) is 13.2 Å². The van der Waals surface area contributed by atoms with Gasteiger partial charge in [-0.3, -0.25) is 14.4 Å². The zero-order valence-electron chi connectivity index (χ0n) is 36.9. The van der Waals surface area contributed by atoms with Crippen molar-refractivity contribution >= 4 is 23.8 Å². The highest BCUT2D eigenvalue weighted by atomic mass is 16.5. The standard InChI is InChI=1S/C48H88N2O7/c1-3-5-7-9-11-13-14-15-16-17-18-19-20-21-22-23-24-26-28-30-36-40-47(54)57-43(37-33-29-27-25-12-10-8-6-4-2)38-34-31-32-35-39-45(52)49-41-46(53)50-44(42-51)48(55)56/h25,27,33,37,43-44,51H,3-24,26,28-32,34-36,38-42H2,1-2H3,(H,49,52)(H,50,53)(H,55,56)/b27-25-,37-33-. The Bertz CT molecular complexity index is 1010. The Kier molecular flexibility index (Phi) is 40.9. The highest BCUT2D eigenvalue weighted by molar-refractivity contribution is 5.87. The number of unbranched alkanes of at least 4 members (excludes halogenated alkanes) is 27. The third kappa shape index (κ3) is 39.9. The van der Waals surface area contributed by atoms with Crippen LogP contribution in [0.1, 0.15) is 232 Å². The van der Waals surface area contributed by atoms with Crippen LogP contribution in [0.15, 0.2) is 24.3 Å². The number of carbonyl (C=O) groups is 4. The predicted octanol–water partition coefficient (Wildman–Crippen LogP) is 12.0. The second-order valence-electron chi connectivity index (χ2n) is 16.2. The minimum absolute atomic E-state index is 0.122. The molecule has 0 fully saturated rings. The number of carboxylic acids is 1. The van der Waals surface area contributed by atoms with E-state index < -0.39 is 24.5 Å². The van der Waals surface area contributed by atoms with Crippen molar-refractivity contribution in [1.29, 1.82) is 0 Å². The highest BCUT2D eigenvalue weighted by Crippen LogP contribution is 2.17. The van der Waals surface area contributed by atoms with Gasteiger partial charge in [0.1, 0.15) is 12.1 Å². The Labute approximate surface area is 349 Å². The third-order valence-corrected chi connectivity index (χ3v) is 10.7. The number of aliphatic hydroxyl groups excluding tert-OH is 1. The molecule has 0 aromatic rings. The number of rotatable bonds is 43. The maximum atomic E-state index is 12.8. The van der Waals surface area contributed by atoms with E-state index in [-0.39, 0.29) is 30.9 Å². The minimum atomic E-state index is -1.39. The molecule has 4 N–H and O–H groups in total. The molecular formula is C48H88N2O7. The molecule has 0 spiro atoms. The molecule has 0 saturated carbocycles. The molecule has 0 rings (SSSR count). The van der Waals surface area contributed by atoms with Crippen LogP contribution in [0.5, 0.6) is 0 Å². The maximum Gasteiger partial charge on any atom is 0.328 e. The molecule has 0 saturated heterocycles. The van der Waals surface area contributed by atoms with Crippen molar-refractivity contribution in [1.82, 2.24) is 10.6 Å². The molecule has 9 nitrogen and oxygen atoms in total. The summed E-state index contributed by atoms with van der Waals surface area (Å²) in [6.45, 7) is 3.45. The summed E-state index contributed by atoms with van der Waals surface area (Å²) in [5.41, 5.74) is 0. The minimum Gasteiger partial charge on any atom is -0.480 e. The van der Waals surface area contributed by atoms with Gasteiger partial charge in [0, 0.05) is 12.8 Å². The second-order valence-corrected chi connectivity index (χ2v) is 16.2. The zero-order chi connectivity index (χ0) is 41.9. The number of ether oxygens (including phenoxy) is 1. The summed E-state index contributed by atoms with van der Waals surface area (Å²) in [6.07, 6.45) is 48.1. The molecule has 0 aromatic carbocycles. The first-order valence-electron chi connectivity index (χ1n) is 23.7. The van der Waals surface area contributed by atoms with E-state index in [1.165, 1.54) is 148 Å². The molecule has 2 amide bonds. The number of hydrogen-bond acceptors (Lipinski definition) is 6. The number of hydrogen-bond donors (Lipinski definition) is 4. The number of amides is 2. The summed E-state index contributed by atoms with van der Waals surface area (Å²) < 4.78 is 5.91. The van der Waals surface area contributed by atoms with E-state index >= 15 is 0 Å². The Morgan fingerprint density at radius 2 is 1.00 bits per heavy atom. The van der Waals surface area contributed by atoms with Crippen LogP contribution in [-0.4, -0.2) is 59.3 Å². The van der Waals surface area contributed by atoms with Crippen molar-refractivity contribution in [3.8, 4) is 0 Å². The first kappa shape index (κ1) is 54.3. The fourth-order valence-corrected chi connectivity index (χ4v) is 7.02. The van der Waals surface area contributed by atoms with Gasteiger partial charge in [-0.2, -0.15) is 0 Å². The number of carbonyl (C=O) groups excluding carboxylic acids is 3. The Morgan fingerprint density at radius 3 is 1.49 bits per heavy atom. The summed E-state index contributed by atoms with van der Waals surface area (Å²) >= 11 is 0. The van der Waals surface area contributed by atoms with E-state index in [1.54, 1.807) is 0 Å². The van der Waals surface area contributed by atoms with E-state index in [0.717, 1.165) is 51.4 Å². The highest BCUT2D eigenvalue weighted by Gasteiger charge is 2.18. The quantitative estimate of drug-likeness (QED) is 0.0273. The van der Waals surface area contributed by atoms with E-state index in [2.05, 4.69) is 42.7 Å². The number of aliphatic carboxylic acids is 1. The van der Waals surface area contributed by atoms with Crippen LogP contribution < -0.4 is 10.6 Å². The van der Waals surface area contributed by atoms with Crippen LogP contribution in [0.2, 0.25) is 0 Å². The molecule has 0 aliphatic rings. The van der Waals surface area contributed by atoms with Crippen molar-refractivity contribution in [2.75, 3.05) is 13.2 Å². The van der Waals surface area contributed by atoms with Crippen molar-refractivity contribution in [3.05, 3.63) is 24.3 Å². The van der Waals surface area contributed by atoms with Gasteiger partial charge in [0.25, 0.3) is 0 Å². The smallest absolute Gasteiger partial charge is 0.328 e. The van der Waals surface area contributed by atoms with Gasteiger partial charge in [0.2, 0.25) is 11.8 Å². The lowest BCUT2D eigenvalue weighted by Crippen LogP contribution is -2.47. The topological polar surface area (TPSA) is 142 Å². The van der Waals surface area contributed by atoms with Crippen LogP contribution >= 0.6 is 0 Å². The average molecular weight is 805 g/mol. The van der Waals surface area contributed by atoms with Gasteiger partial charge in [-0.25, -0.2) is 4.79 Å².